The highest BCUT2D eigenvalue weighted by atomic mass is 16.5. The van der Waals surface area contributed by atoms with E-state index in [2.05, 4.69) is 12.2 Å². The van der Waals surface area contributed by atoms with Crippen molar-refractivity contribution >= 4 is 11.0 Å². The van der Waals surface area contributed by atoms with Gasteiger partial charge in [-0.25, -0.2) is 0 Å². The highest BCUT2D eigenvalue weighted by Gasteiger charge is 2.10. The molecule has 0 aliphatic heterocycles. The molecule has 2 aromatic carbocycles. The van der Waals surface area contributed by atoms with E-state index in [1.165, 1.54) is 0 Å². The Hall–Kier alpha value is -2.26. The van der Waals surface area contributed by atoms with E-state index < -0.39 is 0 Å². The van der Waals surface area contributed by atoms with Crippen molar-refractivity contribution in [3.8, 4) is 11.5 Å². The molecule has 1 unspecified atom stereocenters. The minimum atomic E-state index is 0.195. The van der Waals surface area contributed by atoms with Crippen LogP contribution in [0, 0.1) is 0 Å². The van der Waals surface area contributed by atoms with Gasteiger partial charge < -0.3 is 14.5 Å². The third-order valence-electron chi connectivity index (χ3n) is 3.35. The lowest BCUT2D eigenvalue weighted by molar-refractivity contribution is 0.473. The number of nitrogens with one attached hydrogen (secondary N) is 1. The van der Waals surface area contributed by atoms with Crippen molar-refractivity contribution in [1.29, 1.82) is 0 Å². The highest BCUT2D eigenvalue weighted by Crippen LogP contribution is 2.29. The van der Waals surface area contributed by atoms with Crippen LogP contribution >= 0.6 is 0 Å². The molecule has 0 saturated heterocycles. The van der Waals surface area contributed by atoms with Crippen molar-refractivity contribution in [3.05, 3.63) is 60.4 Å². The molecule has 3 nitrogen and oxygen atoms in total. The second-order valence-electron chi connectivity index (χ2n) is 4.77. The Morgan fingerprint density at radius 1 is 1.00 bits per heavy atom. The lowest BCUT2D eigenvalue weighted by Gasteiger charge is -2.04. The molecule has 1 atom stereocenters. The van der Waals surface area contributed by atoms with Crippen molar-refractivity contribution in [2.24, 2.45) is 0 Å². The number of furan rings is 1. The van der Waals surface area contributed by atoms with Gasteiger partial charge in [-0.1, -0.05) is 18.2 Å². The van der Waals surface area contributed by atoms with Gasteiger partial charge in [-0.05, 0) is 50.4 Å². The second-order valence-corrected chi connectivity index (χ2v) is 4.77. The van der Waals surface area contributed by atoms with E-state index >= 15 is 0 Å². The van der Waals surface area contributed by atoms with Crippen LogP contribution in [0.25, 0.3) is 11.0 Å². The van der Waals surface area contributed by atoms with Gasteiger partial charge in [0.2, 0.25) is 0 Å². The molecule has 0 amide bonds. The van der Waals surface area contributed by atoms with Crippen LogP contribution in [0.3, 0.4) is 0 Å². The second kappa shape index (κ2) is 5.39. The van der Waals surface area contributed by atoms with Crippen LogP contribution in [0.5, 0.6) is 11.5 Å². The van der Waals surface area contributed by atoms with Crippen LogP contribution in [0.4, 0.5) is 0 Å². The van der Waals surface area contributed by atoms with E-state index in [9.17, 15) is 0 Å². The average Bonchev–Trinajstić information content (AvgIpc) is 2.90. The monoisotopic (exact) mass is 267 g/mol. The Morgan fingerprint density at radius 2 is 1.80 bits per heavy atom. The quantitative estimate of drug-likeness (QED) is 0.755. The Kier molecular flexibility index (Phi) is 3.44. The van der Waals surface area contributed by atoms with Crippen molar-refractivity contribution < 1.29 is 9.15 Å². The van der Waals surface area contributed by atoms with Gasteiger partial charge in [0, 0.05) is 5.39 Å². The summed E-state index contributed by atoms with van der Waals surface area (Å²) in [5.41, 5.74) is 0.877. The Morgan fingerprint density at radius 3 is 2.55 bits per heavy atom. The lowest BCUT2D eigenvalue weighted by atomic mass is 10.2. The lowest BCUT2D eigenvalue weighted by Crippen LogP contribution is -2.10. The normalized spacial score (nSPS) is 12.5. The van der Waals surface area contributed by atoms with E-state index in [1.54, 1.807) is 0 Å². The topological polar surface area (TPSA) is 34.4 Å². The van der Waals surface area contributed by atoms with Gasteiger partial charge in [0.05, 0.1) is 6.04 Å². The molecule has 3 aromatic rings. The maximum absolute atomic E-state index is 5.83. The molecule has 3 rings (SSSR count). The van der Waals surface area contributed by atoms with Crippen LogP contribution in [-0.4, -0.2) is 7.05 Å². The molecule has 0 bridgehead atoms. The molecule has 0 saturated carbocycles. The molecule has 0 fully saturated rings. The molecule has 0 aliphatic rings. The zero-order valence-electron chi connectivity index (χ0n) is 11.6. The zero-order chi connectivity index (χ0) is 13.9. The van der Waals surface area contributed by atoms with Crippen molar-refractivity contribution in [2.75, 3.05) is 7.05 Å². The summed E-state index contributed by atoms with van der Waals surface area (Å²) < 4.78 is 11.6. The number of hydrogen-bond acceptors (Lipinski definition) is 3. The number of ether oxygens (including phenoxy) is 1. The number of rotatable bonds is 4. The first-order chi connectivity index (χ1) is 9.76. The summed E-state index contributed by atoms with van der Waals surface area (Å²) in [6.07, 6.45) is 0. The van der Waals surface area contributed by atoms with E-state index in [1.807, 2.05) is 61.6 Å². The van der Waals surface area contributed by atoms with Crippen LogP contribution in [-0.2, 0) is 0 Å². The molecule has 102 valence electrons. The van der Waals surface area contributed by atoms with Gasteiger partial charge in [0.1, 0.15) is 22.8 Å². The number of para-hydroxylation sites is 1. The number of fused-ring (bicyclic) bond motifs is 1. The minimum Gasteiger partial charge on any atom is -0.459 e. The van der Waals surface area contributed by atoms with Crippen LogP contribution < -0.4 is 10.1 Å². The van der Waals surface area contributed by atoms with Gasteiger partial charge in [0.15, 0.2) is 0 Å². The van der Waals surface area contributed by atoms with E-state index in [-0.39, 0.29) is 6.04 Å². The van der Waals surface area contributed by atoms with Crippen molar-refractivity contribution in [3.63, 3.8) is 0 Å². The zero-order valence-corrected chi connectivity index (χ0v) is 11.6. The number of hydrogen-bond donors (Lipinski definition) is 1. The fourth-order valence-corrected chi connectivity index (χ4v) is 2.09. The van der Waals surface area contributed by atoms with Gasteiger partial charge in [-0.15, -0.1) is 0 Å². The van der Waals surface area contributed by atoms with Gasteiger partial charge in [-0.3, -0.25) is 0 Å². The summed E-state index contributed by atoms with van der Waals surface area (Å²) >= 11 is 0. The fraction of sp³-hybridized carbons (Fsp3) is 0.176. The minimum absolute atomic E-state index is 0.195. The van der Waals surface area contributed by atoms with E-state index in [0.29, 0.717) is 0 Å². The van der Waals surface area contributed by atoms with Crippen molar-refractivity contribution in [1.82, 2.24) is 5.32 Å². The summed E-state index contributed by atoms with van der Waals surface area (Å²) in [4.78, 5) is 0. The first kappa shape index (κ1) is 12.8. The van der Waals surface area contributed by atoms with Gasteiger partial charge >= 0.3 is 0 Å². The molecule has 1 heterocycles. The standard InChI is InChI=1S/C17H17NO2/c1-12(18-2)17-11-13-10-15(8-9-16(13)20-17)19-14-6-4-3-5-7-14/h3-12,18H,1-2H3. The summed E-state index contributed by atoms with van der Waals surface area (Å²) in [7, 11) is 1.92. The molecule has 0 spiro atoms. The Labute approximate surface area is 118 Å². The molecular formula is C17H17NO2. The molecule has 0 radical (unpaired) electrons. The summed E-state index contributed by atoms with van der Waals surface area (Å²) in [6.45, 7) is 2.07. The summed E-state index contributed by atoms with van der Waals surface area (Å²) in [5, 5.41) is 4.22. The molecule has 1 N–H and O–H groups in total. The smallest absolute Gasteiger partial charge is 0.134 e. The van der Waals surface area contributed by atoms with Gasteiger partial charge in [0.25, 0.3) is 0 Å². The van der Waals surface area contributed by atoms with E-state index in [4.69, 9.17) is 9.15 Å². The largest absolute Gasteiger partial charge is 0.459 e. The molecule has 3 heteroatoms. The molecule has 1 aromatic heterocycles. The summed E-state index contributed by atoms with van der Waals surface area (Å²) in [5.74, 6) is 2.58. The first-order valence-corrected chi connectivity index (χ1v) is 6.70. The Bertz CT molecular complexity index is 703. The average molecular weight is 267 g/mol. The maximum Gasteiger partial charge on any atom is 0.134 e. The summed E-state index contributed by atoms with van der Waals surface area (Å²) in [6, 6.07) is 17.9. The first-order valence-electron chi connectivity index (χ1n) is 6.70. The van der Waals surface area contributed by atoms with E-state index in [0.717, 1.165) is 28.2 Å². The molecule has 20 heavy (non-hydrogen) atoms. The Balaban J connectivity index is 1.90. The maximum atomic E-state index is 5.83. The SMILES string of the molecule is CNC(C)c1cc2cc(Oc3ccccc3)ccc2o1. The van der Waals surface area contributed by atoms with Crippen LogP contribution in [0.15, 0.2) is 59.0 Å². The fourth-order valence-electron chi connectivity index (χ4n) is 2.09. The highest BCUT2D eigenvalue weighted by molar-refractivity contribution is 5.79. The van der Waals surface area contributed by atoms with Crippen molar-refractivity contribution in [2.45, 2.75) is 13.0 Å². The third-order valence-corrected chi connectivity index (χ3v) is 3.35. The predicted octanol–water partition coefficient (Wildman–Crippen LogP) is 4.51. The third kappa shape index (κ3) is 2.53. The molecule has 0 aliphatic carbocycles. The van der Waals surface area contributed by atoms with Gasteiger partial charge in [-0.2, -0.15) is 0 Å². The predicted molar refractivity (Wildman–Crippen MR) is 80.2 cm³/mol. The number of benzene rings is 2. The van der Waals surface area contributed by atoms with Crippen LogP contribution in [0.1, 0.15) is 18.7 Å². The van der Waals surface area contributed by atoms with Crippen LogP contribution in [0.2, 0.25) is 0 Å². The molecular weight excluding hydrogens is 250 g/mol.